The molecule has 0 saturated heterocycles. The Bertz CT molecular complexity index is 562. The van der Waals surface area contributed by atoms with Crippen LogP contribution in [0.4, 0.5) is 8.78 Å². The molecule has 2 rings (SSSR count). The van der Waals surface area contributed by atoms with E-state index in [4.69, 9.17) is 11.6 Å². The minimum absolute atomic E-state index is 0.0873. The first-order valence-corrected chi connectivity index (χ1v) is 6.85. The number of benzene rings is 2. The van der Waals surface area contributed by atoms with E-state index in [1.165, 1.54) is 12.1 Å². The molecule has 0 fully saturated rings. The molecule has 0 saturated carbocycles. The first-order chi connectivity index (χ1) is 9.52. The summed E-state index contributed by atoms with van der Waals surface area (Å²) in [6, 6.07) is 9.46. The van der Waals surface area contributed by atoms with Crippen molar-refractivity contribution in [2.45, 2.75) is 19.9 Å². The van der Waals surface area contributed by atoms with Crippen LogP contribution in [0.25, 0.3) is 0 Å². The molecule has 0 aliphatic rings. The molecule has 20 heavy (non-hydrogen) atoms. The van der Waals surface area contributed by atoms with Gasteiger partial charge in [-0.25, -0.2) is 8.78 Å². The Balaban J connectivity index is 2.44. The molecule has 2 aromatic rings. The van der Waals surface area contributed by atoms with Crippen LogP contribution in [-0.4, -0.2) is 6.54 Å². The van der Waals surface area contributed by atoms with E-state index in [1.807, 2.05) is 6.92 Å². The van der Waals surface area contributed by atoms with Gasteiger partial charge in [-0.3, -0.25) is 0 Å². The van der Waals surface area contributed by atoms with Gasteiger partial charge in [-0.05, 0) is 48.4 Å². The highest BCUT2D eigenvalue weighted by atomic mass is 35.5. The quantitative estimate of drug-likeness (QED) is 0.867. The molecule has 0 aromatic heterocycles. The average molecular weight is 296 g/mol. The van der Waals surface area contributed by atoms with Crippen LogP contribution < -0.4 is 5.32 Å². The Morgan fingerprint density at radius 1 is 1.05 bits per heavy atom. The molecular weight excluding hydrogens is 280 g/mol. The highest BCUT2D eigenvalue weighted by Crippen LogP contribution is 2.27. The fraction of sp³-hybridized carbons (Fsp3) is 0.250. The normalized spacial score (nSPS) is 12.4. The van der Waals surface area contributed by atoms with Crippen molar-refractivity contribution in [2.75, 3.05) is 6.54 Å². The van der Waals surface area contributed by atoms with E-state index in [2.05, 4.69) is 5.32 Å². The summed E-state index contributed by atoms with van der Waals surface area (Å²) in [5.74, 6) is -0.679. The Hall–Kier alpha value is -1.45. The molecule has 1 nitrogen and oxygen atoms in total. The number of hydrogen-bond acceptors (Lipinski definition) is 1. The van der Waals surface area contributed by atoms with Crippen molar-refractivity contribution in [3.8, 4) is 0 Å². The van der Waals surface area contributed by atoms with Crippen molar-refractivity contribution in [1.82, 2.24) is 5.32 Å². The van der Waals surface area contributed by atoms with Gasteiger partial charge in [0.05, 0.1) is 11.1 Å². The van der Waals surface area contributed by atoms with Gasteiger partial charge in [0.15, 0.2) is 0 Å². The smallest absolute Gasteiger partial charge is 0.141 e. The predicted molar refractivity (Wildman–Crippen MR) is 78.1 cm³/mol. The lowest BCUT2D eigenvalue weighted by Crippen LogP contribution is -2.22. The molecule has 0 spiro atoms. The SMILES string of the molecule is CCNC(c1ccc(F)c(C)c1)c1ccc(F)c(Cl)c1. The Morgan fingerprint density at radius 2 is 1.65 bits per heavy atom. The van der Waals surface area contributed by atoms with Crippen LogP contribution in [0.2, 0.25) is 5.02 Å². The maximum Gasteiger partial charge on any atom is 0.141 e. The van der Waals surface area contributed by atoms with Gasteiger partial charge in [0.25, 0.3) is 0 Å². The van der Waals surface area contributed by atoms with Crippen LogP contribution in [0, 0.1) is 18.6 Å². The van der Waals surface area contributed by atoms with Gasteiger partial charge in [0.2, 0.25) is 0 Å². The van der Waals surface area contributed by atoms with Crippen molar-refractivity contribution in [3.05, 3.63) is 69.7 Å². The minimum Gasteiger partial charge on any atom is -0.307 e. The summed E-state index contributed by atoms with van der Waals surface area (Å²) in [5.41, 5.74) is 2.36. The predicted octanol–water partition coefficient (Wildman–Crippen LogP) is 4.63. The topological polar surface area (TPSA) is 12.0 Å². The summed E-state index contributed by atoms with van der Waals surface area (Å²) in [6.45, 7) is 4.43. The summed E-state index contributed by atoms with van der Waals surface area (Å²) >= 11 is 5.84. The summed E-state index contributed by atoms with van der Waals surface area (Å²) in [6.07, 6.45) is 0. The van der Waals surface area contributed by atoms with Crippen molar-refractivity contribution < 1.29 is 8.78 Å². The van der Waals surface area contributed by atoms with E-state index in [-0.39, 0.29) is 16.9 Å². The number of halogens is 3. The molecule has 1 atom stereocenters. The minimum atomic E-state index is -0.444. The zero-order chi connectivity index (χ0) is 14.7. The summed E-state index contributed by atoms with van der Waals surface area (Å²) in [4.78, 5) is 0. The van der Waals surface area contributed by atoms with E-state index >= 15 is 0 Å². The van der Waals surface area contributed by atoms with Crippen molar-refractivity contribution >= 4 is 11.6 Å². The lowest BCUT2D eigenvalue weighted by Gasteiger charge is -2.20. The fourth-order valence-corrected chi connectivity index (χ4v) is 2.36. The molecule has 1 unspecified atom stereocenters. The maximum atomic E-state index is 13.4. The van der Waals surface area contributed by atoms with Crippen LogP contribution in [-0.2, 0) is 0 Å². The monoisotopic (exact) mass is 295 g/mol. The van der Waals surface area contributed by atoms with Crippen molar-refractivity contribution in [3.63, 3.8) is 0 Å². The molecule has 0 aliphatic heterocycles. The van der Waals surface area contributed by atoms with Crippen LogP contribution in [0.3, 0.4) is 0 Å². The van der Waals surface area contributed by atoms with Gasteiger partial charge in [-0.2, -0.15) is 0 Å². The molecule has 0 aliphatic carbocycles. The molecule has 106 valence electrons. The van der Waals surface area contributed by atoms with Gasteiger partial charge in [-0.15, -0.1) is 0 Å². The van der Waals surface area contributed by atoms with E-state index in [9.17, 15) is 8.78 Å². The first-order valence-electron chi connectivity index (χ1n) is 6.47. The summed E-state index contributed by atoms with van der Waals surface area (Å²) < 4.78 is 26.6. The number of nitrogens with one attached hydrogen (secondary N) is 1. The summed E-state index contributed by atoms with van der Waals surface area (Å²) in [7, 11) is 0. The highest BCUT2D eigenvalue weighted by Gasteiger charge is 2.15. The number of hydrogen-bond donors (Lipinski definition) is 1. The van der Waals surface area contributed by atoms with E-state index in [1.54, 1.807) is 31.2 Å². The largest absolute Gasteiger partial charge is 0.307 e. The summed E-state index contributed by atoms with van der Waals surface area (Å²) in [5, 5.41) is 3.39. The van der Waals surface area contributed by atoms with Gasteiger partial charge in [-0.1, -0.05) is 36.7 Å². The third-order valence-corrected chi connectivity index (χ3v) is 3.49. The van der Waals surface area contributed by atoms with E-state index in [0.717, 1.165) is 17.7 Å². The number of aryl methyl sites for hydroxylation is 1. The fourth-order valence-electron chi connectivity index (χ4n) is 2.17. The Labute approximate surface area is 122 Å². The van der Waals surface area contributed by atoms with Crippen LogP contribution in [0.15, 0.2) is 36.4 Å². The van der Waals surface area contributed by atoms with E-state index in [0.29, 0.717) is 5.56 Å². The molecular formula is C16H16ClF2N. The van der Waals surface area contributed by atoms with Gasteiger partial charge in [0.1, 0.15) is 11.6 Å². The Kier molecular flexibility index (Phi) is 4.73. The third-order valence-electron chi connectivity index (χ3n) is 3.20. The standard InChI is InChI=1S/C16H16ClF2N/c1-3-20-16(11-4-6-14(18)10(2)8-11)12-5-7-15(19)13(17)9-12/h4-9,16,20H,3H2,1-2H3. The number of rotatable bonds is 4. The second kappa shape index (κ2) is 6.33. The molecule has 0 amide bonds. The molecule has 2 aromatic carbocycles. The Morgan fingerprint density at radius 3 is 2.20 bits per heavy atom. The molecule has 0 radical (unpaired) electrons. The molecule has 1 N–H and O–H groups in total. The lowest BCUT2D eigenvalue weighted by atomic mass is 9.97. The van der Waals surface area contributed by atoms with Gasteiger partial charge in [0, 0.05) is 0 Å². The zero-order valence-electron chi connectivity index (χ0n) is 11.4. The van der Waals surface area contributed by atoms with Crippen LogP contribution in [0.1, 0.15) is 29.7 Å². The van der Waals surface area contributed by atoms with E-state index < -0.39 is 5.82 Å². The zero-order valence-corrected chi connectivity index (χ0v) is 12.1. The second-order valence-electron chi connectivity index (χ2n) is 4.67. The van der Waals surface area contributed by atoms with Crippen molar-refractivity contribution in [2.24, 2.45) is 0 Å². The average Bonchev–Trinajstić information content (AvgIpc) is 2.43. The first kappa shape index (κ1) is 14.9. The lowest BCUT2D eigenvalue weighted by molar-refractivity contribution is 0.603. The second-order valence-corrected chi connectivity index (χ2v) is 5.08. The molecule has 0 bridgehead atoms. The van der Waals surface area contributed by atoms with Gasteiger partial charge >= 0.3 is 0 Å². The van der Waals surface area contributed by atoms with Crippen LogP contribution in [0.5, 0.6) is 0 Å². The molecule has 0 heterocycles. The van der Waals surface area contributed by atoms with Crippen molar-refractivity contribution in [1.29, 1.82) is 0 Å². The maximum absolute atomic E-state index is 13.4. The third kappa shape index (κ3) is 3.17. The van der Waals surface area contributed by atoms with Crippen LogP contribution >= 0.6 is 11.6 Å². The van der Waals surface area contributed by atoms with Gasteiger partial charge < -0.3 is 5.32 Å². The highest BCUT2D eigenvalue weighted by molar-refractivity contribution is 6.30. The molecule has 4 heteroatoms.